The van der Waals surface area contributed by atoms with E-state index in [1.165, 1.54) is 14.0 Å². The van der Waals surface area contributed by atoms with Crippen LogP contribution in [-0.4, -0.2) is 4.98 Å². The van der Waals surface area contributed by atoms with Crippen molar-refractivity contribution in [3.63, 3.8) is 0 Å². The fraction of sp³-hybridized carbons (Fsp3) is 0.357. The van der Waals surface area contributed by atoms with Crippen molar-refractivity contribution < 1.29 is 0 Å². The summed E-state index contributed by atoms with van der Waals surface area (Å²) in [6.45, 7) is 8.48. The molecule has 0 aliphatic heterocycles. The highest BCUT2D eigenvalue weighted by molar-refractivity contribution is 14.1. The maximum atomic E-state index is 4.60. The van der Waals surface area contributed by atoms with Gasteiger partial charge in [0.15, 0.2) is 0 Å². The molecule has 1 heterocycles. The van der Waals surface area contributed by atoms with E-state index in [1.54, 1.807) is 11.3 Å². The lowest BCUT2D eigenvalue weighted by molar-refractivity contribution is 0.837. The van der Waals surface area contributed by atoms with Crippen LogP contribution >= 0.6 is 33.9 Å². The van der Waals surface area contributed by atoms with Gasteiger partial charge in [0.2, 0.25) is 0 Å². The van der Waals surface area contributed by atoms with Crippen LogP contribution in [0, 0.1) is 24.3 Å². The topological polar surface area (TPSA) is 24.9 Å². The highest BCUT2D eigenvalue weighted by Gasteiger charge is 2.13. The van der Waals surface area contributed by atoms with Crippen molar-refractivity contribution >= 4 is 39.6 Å². The average molecular weight is 372 g/mol. The first-order valence-electron chi connectivity index (χ1n) is 5.94. The summed E-state index contributed by atoms with van der Waals surface area (Å²) in [7, 11) is 0. The van der Waals surface area contributed by atoms with E-state index < -0.39 is 0 Å². The third kappa shape index (κ3) is 3.03. The van der Waals surface area contributed by atoms with Crippen molar-refractivity contribution in [1.82, 2.24) is 4.98 Å². The largest absolute Gasteiger partial charge is 0.377 e. The minimum atomic E-state index is 0.244. The van der Waals surface area contributed by atoms with Crippen molar-refractivity contribution in [1.29, 1.82) is 0 Å². The van der Waals surface area contributed by atoms with Gasteiger partial charge in [-0.3, -0.25) is 0 Å². The quantitative estimate of drug-likeness (QED) is 0.780. The standard InChI is InChI=1S/C14H17IN2S/c1-8-5-6-12(7-13(8)15)16-9(2)14-10(3)18-11(4)17-14/h5-7,9,16H,1-4H3. The van der Waals surface area contributed by atoms with Crippen LogP contribution in [-0.2, 0) is 0 Å². The molecule has 0 fully saturated rings. The monoisotopic (exact) mass is 372 g/mol. The van der Waals surface area contributed by atoms with Crippen LogP contribution in [0.4, 0.5) is 5.69 Å². The van der Waals surface area contributed by atoms with Gasteiger partial charge in [-0.1, -0.05) is 6.07 Å². The first-order chi connectivity index (χ1) is 8.47. The number of hydrogen-bond acceptors (Lipinski definition) is 3. The lowest BCUT2D eigenvalue weighted by Crippen LogP contribution is -2.08. The SMILES string of the molecule is Cc1nc(C(C)Nc2ccc(C)c(I)c2)c(C)s1. The Morgan fingerprint density at radius 1 is 1.28 bits per heavy atom. The molecule has 1 unspecified atom stereocenters. The van der Waals surface area contributed by atoms with E-state index in [1.807, 2.05) is 0 Å². The zero-order valence-electron chi connectivity index (χ0n) is 11.0. The summed E-state index contributed by atoms with van der Waals surface area (Å²) >= 11 is 4.13. The zero-order valence-corrected chi connectivity index (χ0v) is 14.0. The molecule has 0 radical (unpaired) electrons. The highest BCUT2D eigenvalue weighted by Crippen LogP contribution is 2.26. The van der Waals surface area contributed by atoms with E-state index in [4.69, 9.17) is 0 Å². The maximum Gasteiger partial charge on any atom is 0.0901 e. The van der Waals surface area contributed by atoms with Gasteiger partial charge in [-0.15, -0.1) is 11.3 Å². The molecule has 0 saturated heterocycles. The Kier molecular flexibility index (Phi) is 4.27. The van der Waals surface area contributed by atoms with Gasteiger partial charge in [-0.25, -0.2) is 4.98 Å². The Morgan fingerprint density at radius 2 is 2.00 bits per heavy atom. The van der Waals surface area contributed by atoms with Crippen LogP contribution in [0.3, 0.4) is 0 Å². The zero-order chi connectivity index (χ0) is 13.3. The first kappa shape index (κ1) is 13.8. The summed E-state index contributed by atoms with van der Waals surface area (Å²) in [6, 6.07) is 6.70. The number of halogens is 1. The number of nitrogens with one attached hydrogen (secondary N) is 1. The van der Waals surface area contributed by atoms with Crippen LogP contribution < -0.4 is 5.32 Å². The molecule has 0 aliphatic rings. The van der Waals surface area contributed by atoms with Crippen molar-refractivity contribution in [3.05, 3.63) is 42.9 Å². The number of aromatic nitrogens is 1. The maximum absolute atomic E-state index is 4.60. The normalized spacial score (nSPS) is 12.5. The molecule has 0 bridgehead atoms. The van der Waals surface area contributed by atoms with Crippen molar-refractivity contribution in [2.24, 2.45) is 0 Å². The fourth-order valence-corrected chi connectivity index (χ4v) is 3.38. The number of nitrogens with zero attached hydrogens (tertiary/aromatic N) is 1. The Bertz CT molecular complexity index is 563. The predicted octanol–water partition coefficient (Wildman–Crippen LogP) is 4.85. The number of benzene rings is 1. The van der Waals surface area contributed by atoms with Gasteiger partial charge in [0.05, 0.1) is 16.7 Å². The molecule has 96 valence electrons. The van der Waals surface area contributed by atoms with Crippen LogP contribution in [0.15, 0.2) is 18.2 Å². The summed E-state index contributed by atoms with van der Waals surface area (Å²) < 4.78 is 1.29. The highest BCUT2D eigenvalue weighted by atomic mass is 127. The number of anilines is 1. The Labute approximate surface area is 126 Å². The van der Waals surface area contributed by atoms with Crippen LogP contribution in [0.2, 0.25) is 0 Å². The van der Waals surface area contributed by atoms with E-state index in [9.17, 15) is 0 Å². The summed E-state index contributed by atoms with van der Waals surface area (Å²) in [5.74, 6) is 0. The van der Waals surface area contributed by atoms with Crippen molar-refractivity contribution in [2.45, 2.75) is 33.7 Å². The van der Waals surface area contributed by atoms with Gasteiger partial charge in [-0.05, 0) is 68.0 Å². The van der Waals surface area contributed by atoms with Gasteiger partial charge in [0, 0.05) is 14.1 Å². The van der Waals surface area contributed by atoms with Gasteiger partial charge < -0.3 is 5.32 Å². The van der Waals surface area contributed by atoms with E-state index in [-0.39, 0.29) is 6.04 Å². The van der Waals surface area contributed by atoms with E-state index in [0.29, 0.717) is 0 Å². The average Bonchev–Trinajstić information content (AvgIpc) is 2.63. The Hall–Kier alpha value is -0.620. The smallest absolute Gasteiger partial charge is 0.0901 e. The molecular weight excluding hydrogens is 355 g/mol. The summed E-state index contributed by atoms with van der Waals surface area (Å²) in [5, 5.41) is 4.65. The molecule has 2 aromatic rings. The minimum Gasteiger partial charge on any atom is -0.377 e. The lowest BCUT2D eigenvalue weighted by atomic mass is 10.2. The molecule has 4 heteroatoms. The Balaban J connectivity index is 2.18. The van der Waals surface area contributed by atoms with E-state index in [2.05, 4.69) is 78.8 Å². The second kappa shape index (κ2) is 5.57. The number of hydrogen-bond donors (Lipinski definition) is 1. The molecule has 18 heavy (non-hydrogen) atoms. The molecule has 2 nitrogen and oxygen atoms in total. The third-order valence-electron chi connectivity index (χ3n) is 2.90. The summed E-state index contributed by atoms with van der Waals surface area (Å²) in [4.78, 5) is 5.90. The van der Waals surface area contributed by atoms with Gasteiger partial charge in [-0.2, -0.15) is 0 Å². The van der Waals surface area contributed by atoms with Crippen LogP contribution in [0.1, 0.15) is 34.1 Å². The predicted molar refractivity (Wildman–Crippen MR) is 87.5 cm³/mol. The Morgan fingerprint density at radius 3 is 2.56 bits per heavy atom. The minimum absolute atomic E-state index is 0.244. The molecular formula is C14H17IN2S. The molecule has 2 rings (SSSR count). The van der Waals surface area contributed by atoms with Gasteiger partial charge in [0.1, 0.15) is 0 Å². The van der Waals surface area contributed by atoms with Gasteiger partial charge in [0.25, 0.3) is 0 Å². The summed E-state index contributed by atoms with van der Waals surface area (Å²) in [5.41, 5.74) is 3.63. The third-order valence-corrected chi connectivity index (χ3v) is 4.97. The molecule has 0 amide bonds. The van der Waals surface area contributed by atoms with E-state index in [0.717, 1.165) is 16.4 Å². The molecule has 0 aliphatic carbocycles. The summed E-state index contributed by atoms with van der Waals surface area (Å²) in [6.07, 6.45) is 0. The van der Waals surface area contributed by atoms with Gasteiger partial charge >= 0.3 is 0 Å². The fourth-order valence-electron chi connectivity index (χ4n) is 1.95. The van der Waals surface area contributed by atoms with Crippen LogP contribution in [0.5, 0.6) is 0 Å². The van der Waals surface area contributed by atoms with Crippen molar-refractivity contribution in [2.75, 3.05) is 5.32 Å². The molecule has 1 aromatic carbocycles. The van der Waals surface area contributed by atoms with Crippen LogP contribution in [0.25, 0.3) is 0 Å². The number of aryl methyl sites for hydroxylation is 3. The molecule has 1 N–H and O–H groups in total. The molecule has 1 atom stereocenters. The second-order valence-corrected chi connectivity index (χ2v) is 7.07. The molecule has 0 spiro atoms. The molecule has 1 aromatic heterocycles. The number of thiazole rings is 1. The van der Waals surface area contributed by atoms with Crippen molar-refractivity contribution in [3.8, 4) is 0 Å². The first-order valence-corrected chi connectivity index (χ1v) is 7.83. The lowest BCUT2D eigenvalue weighted by Gasteiger charge is -2.15. The van der Waals surface area contributed by atoms with E-state index >= 15 is 0 Å². The number of rotatable bonds is 3. The molecule has 0 saturated carbocycles. The second-order valence-electron chi connectivity index (χ2n) is 4.50.